The Morgan fingerprint density at radius 2 is 2.06 bits per heavy atom. The SMILES string of the molecule is COCC(C(C)C)N(CC1CCCN1)C1CC1. The molecule has 100 valence electrons. The third-order valence-electron chi connectivity index (χ3n) is 4.14. The standard InChI is InChI=1S/C14H28N2O/c1-11(2)14(10-17-3)16(13-6-7-13)9-12-5-4-8-15-12/h11-15H,4-10H2,1-3H3. The number of methoxy groups -OCH3 is 1. The van der Waals surface area contributed by atoms with Crippen LogP contribution in [0.3, 0.4) is 0 Å². The van der Waals surface area contributed by atoms with Crippen molar-refractivity contribution < 1.29 is 4.74 Å². The molecule has 0 aromatic heterocycles. The van der Waals surface area contributed by atoms with Gasteiger partial charge in [-0.25, -0.2) is 0 Å². The number of rotatable bonds is 7. The maximum atomic E-state index is 5.43. The average molecular weight is 240 g/mol. The molecule has 1 aliphatic heterocycles. The van der Waals surface area contributed by atoms with Gasteiger partial charge in [-0.2, -0.15) is 0 Å². The van der Waals surface area contributed by atoms with Crippen LogP contribution in [0.1, 0.15) is 39.5 Å². The van der Waals surface area contributed by atoms with Gasteiger partial charge in [0.1, 0.15) is 0 Å². The summed E-state index contributed by atoms with van der Waals surface area (Å²) < 4.78 is 5.43. The molecule has 0 aromatic rings. The van der Waals surface area contributed by atoms with Crippen LogP contribution in [0.25, 0.3) is 0 Å². The molecule has 1 aliphatic carbocycles. The predicted octanol–water partition coefficient (Wildman–Crippen LogP) is 1.87. The zero-order chi connectivity index (χ0) is 12.3. The number of ether oxygens (including phenoxy) is 1. The number of hydrogen-bond acceptors (Lipinski definition) is 3. The molecule has 2 fully saturated rings. The smallest absolute Gasteiger partial charge is 0.0620 e. The van der Waals surface area contributed by atoms with Crippen molar-refractivity contribution >= 4 is 0 Å². The van der Waals surface area contributed by atoms with Crippen LogP contribution in [0.15, 0.2) is 0 Å². The predicted molar refractivity (Wildman–Crippen MR) is 71.3 cm³/mol. The summed E-state index contributed by atoms with van der Waals surface area (Å²) >= 11 is 0. The molecule has 0 aromatic carbocycles. The lowest BCUT2D eigenvalue weighted by Crippen LogP contribution is -2.48. The molecule has 2 rings (SSSR count). The summed E-state index contributed by atoms with van der Waals surface area (Å²) in [4.78, 5) is 2.72. The van der Waals surface area contributed by atoms with Gasteiger partial charge in [0, 0.05) is 31.8 Å². The van der Waals surface area contributed by atoms with Gasteiger partial charge < -0.3 is 10.1 Å². The molecule has 1 saturated carbocycles. The van der Waals surface area contributed by atoms with E-state index in [1.54, 1.807) is 0 Å². The molecular formula is C14H28N2O. The van der Waals surface area contributed by atoms with Crippen molar-refractivity contribution in [3.63, 3.8) is 0 Å². The minimum Gasteiger partial charge on any atom is -0.383 e. The van der Waals surface area contributed by atoms with Crippen molar-refractivity contribution in [2.24, 2.45) is 5.92 Å². The lowest BCUT2D eigenvalue weighted by molar-refractivity contribution is 0.0537. The van der Waals surface area contributed by atoms with Gasteiger partial charge in [0.2, 0.25) is 0 Å². The summed E-state index contributed by atoms with van der Waals surface area (Å²) in [5.41, 5.74) is 0. The van der Waals surface area contributed by atoms with Crippen molar-refractivity contribution in [3.8, 4) is 0 Å². The van der Waals surface area contributed by atoms with Gasteiger partial charge >= 0.3 is 0 Å². The topological polar surface area (TPSA) is 24.5 Å². The van der Waals surface area contributed by atoms with E-state index < -0.39 is 0 Å². The highest BCUT2D eigenvalue weighted by atomic mass is 16.5. The molecule has 1 N–H and O–H groups in total. The lowest BCUT2D eigenvalue weighted by Gasteiger charge is -2.36. The molecule has 2 unspecified atom stereocenters. The van der Waals surface area contributed by atoms with Gasteiger partial charge in [-0.05, 0) is 38.1 Å². The maximum absolute atomic E-state index is 5.43. The minimum atomic E-state index is 0.592. The Labute approximate surface area is 106 Å². The van der Waals surface area contributed by atoms with Crippen LogP contribution < -0.4 is 5.32 Å². The third kappa shape index (κ3) is 3.67. The van der Waals surface area contributed by atoms with Gasteiger partial charge in [0.15, 0.2) is 0 Å². The van der Waals surface area contributed by atoms with E-state index in [2.05, 4.69) is 24.1 Å². The molecule has 3 nitrogen and oxygen atoms in total. The lowest BCUT2D eigenvalue weighted by atomic mass is 10.0. The van der Waals surface area contributed by atoms with E-state index in [1.165, 1.54) is 38.8 Å². The van der Waals surface area contributed by atoms with Crippen LogP contribution in [0, 0.1) is 5.92 Å². The van der Waals surface area contributed by atoms with E-state index in [-0.39, 0.29) is 0 Å². The summed E-state index contributed by atoms with van der Waals surface area (Å²) in [6.07, 6.45) is 5.47. The fraction of sp³-hybridized carbons (Fsp3) is 1.00. The van der Waals surface area contributed by atoms with Crippen LogP contribution >= 0.6 is 0 Å². The molecule has 1 heterocycles. The summed E-state index contributed by atoms with van der Waals surface area (Å²) in [6.45, 7) is 7.94. The monoisotopic (exact) mass is 240 g/mol. The van der Waals surface area contributed by atoms with Crippen molar-refractivity contribution in [2.45, 2.75) is 57.7 Å². The quantitative estimate of drug-likeness (QED) is 0.735. The molecular weight excluding hydrogens is 212 g/mol. The zero-order valence-electron chi connectivity index (χ0n) is 11.6. The number of nitrogens with zero attached hydrogens (tertiary/aromatic N) is 1. The van der Waals surface area contributed by atoms with Crippen LogP contribution in [-0.4, -0.2) is 49.8 Å². The van der Waals surface area contributed by atoms with Crippen molar-refractivity contribution in [1.29, 1.82) is 0 Å². The first kappa shape index (κ1) is 13.3. The van der Waals surface area contributed by atoms with Gasteiger partial charge in [-0.15, -0.1) is 0 Å². The molecule has 17 heavy (non-hydrogen) atoms. The summed E-state index contributed by atoms with van der Waals surface area (Å²) in [5.74, 6) is 0.678. The van der Waals surface area contributed by atoms with E-state index >= 15 is 0 Å². The Hall–Kier alpha value is -0.120. The Kier molecular flexibility index (Phi) is 4.83. The second kappa shape index (κ2) is 6.17. The first-order valence-electron chi connectivity index (χ1n) is 7.20. The molecule has 1 saturated heterocycles. The maximum Gasteiger partial charge on any atom is 0.0620 e. The van der Waals surface area contributed by atoms with Crippen LogP contribution in [-0.2, 0) is 4.74 Å². The van der Waals surface area contributed by atoms with E-state index in [9.17, 15) is 0 Å². The highest BCUT2D eigenvalue weighted by molar-refractivity contribution is 4.92. The Morgan fingerprint density at radius 1 is 1.29 bits per heavy atom. The van der Waals surface area contributed by atoms with Crippen molar-refractivity contribution in [2.75, 3.05) is 26.8 Å². The minimum absolute atomic E-state index is 0.592. The van der Waals surface area contributed by atoms with Crippen molar-refractivity contribution in [1.82, 2.24) is 10.2 Å². The number of hydrogen-bond donors (Lipinski definition) is 1. The van der Waals surface area contributed by atoms with E-state index in [1.807, 2.05) is 7.11 Å². The highest BCUT2D eigenvalue weighted by Gasteiger charge is 2.36. The van der Waals surface area contributed by atoms with Gasteiger partial charge in [-0.1, -0.05) is 13.8 Å². The van der Waals surface area contributed by atoms with Gasteiger partial charge in [-0.3, -0.25) is 4.90 Å². The fourth-order valence-corrected chi connectivity index (χ4v) is 2.97. The largest absolute Gasteiger partial charge is 0.383 e. The Bertz CT molecular complexity index is 222. The summed E-state index contributed by atoms with van der Waals surface area (Å²) in [5, 5.41) is 3.62. The zero-order valence-corrected chi connectivity index (χ0v) is 11.6. The molecule has 0 spiro atoms. The van der Waals surface area contributed by atoms with Crippen LogP contribution in [0.4, 0.5) is 0 Å². The van der Waals surface area contributed by atoms with E-state index in [0.29, 0.717) is 18.0 Å². The third-order valence-corrected chi connectivity index (χ3v) is 4.14. The molecule has 3 heteroatoms. The molecule has 0 amide bonds. The van der Waals surface area contributed by atoms with E-state index in [4.69, 9.17) is 4.74 Å². The average Bonchev–Trinajstić information content (AvgIpc) is 3.01. The Morgan fingerprint density at radius 3 is 2.53 bits per heavy atom. The molecule has 2 atom stereocenters. The van der Waals surface area contributed by atoms with Gasteiger partial charge in [0.25, 0.3) is 0 Å². The fourth-order valence-electron chi connectivity index (χ4n) is 2.97. The van der Waals surface area contributed by atoms with E-state index in [0.717, 1.165) is 12.6 Å². The number of nitrogens with one attached hydrogen (secondary N) is 1. The second-order valence-corrected chi connectivity index (χ2v) is 5.99. The Balaban J connectivity index is 1.93. The van der Waals surface area contributed by atoms with Crippen LogP contribution in [0.2, 0.25) is 0 Å². The van der Waals surface area contributed by atoms with Crippen molar-refractivity contribution in [3.05, 3.63) is 0 Å². The first-order valence-corrected chi connectivity index (χ1v) is 7.20. The summed E-state index contributed by atoms with van der Waals surface area (Å²) in [7, 11) is 1.83. The second-order valence-electron chi connectivity index (χ2n) is 5.99. The molecule has 2 aliphatic rings. The normalized spacial score (nSPS) is 27.0. The first-order chi connectivity index (χ1) is 8.22. The molecule has 0 radical (unpaired) electrons. The molecule has 0 bridgehead atoms. The highest BCUT2D eigenvalue weighted by Crippen LogP contribution is 2.31. The van der Waals surface area contributed by atoms with Crippen LogP contribution in [0.5, 0.6) is 0 Å². The summed E-state index contributed by atoms with van der Waals surface area (Å²) in [6, 6.07) is 2.14. The van der Waals surface area contributed by atoms with Gasteiger partial charge in [0.05, 0.1) is 6.61 Å².